The van der Waals surface area contributed by atoms with E-state index in [-0.39, 0.29) is 18.0 Å². The molecule has 0 heterocycles. The molecule has 3 aromatic carbocycles. The highest BCUT2D eigenvalue weighted by Crippen LogP contribution is 2.34. The fraction of sp³-hybridized carbons (Fsp3) is 0.379. The van der Waals surface area contributed by atoms with E-state index < -0.39 is 24.2 Å². The highest BCUT2D eigenvalue weighted by molar-refractivity contribution is 5.70. The van der Waals surface area contributed by atoms with Gasteiger partial charge in [-0.2, -0.15) is 13.2 Å². The topological polar surface area (TPSA) is 21.3 Å². The average molecular weight is 506 g/mol. The van der Waals surface area contributed by atoms with Gasteiger partial charge in [0.2, 0.25) is 0 Å². The molecule has 0 aliphatic carbocycles. The van der Waals surface area contributed by atoms with E-state index in [9.17, 15) is 22.0 Å². The van der Waals surface area contributed by atoms with Crippen molar-refractivity contribution in [2.45, 2.75) is 52.5 Å². The van der Waals surface area contributed by atoms with Crippen LogP contribution in [0.1, 0.15) is 55.4 Å². The number of hydrogen-bond acceptors (Lipinski definition) is 2. The van der Waals surface area contributed by atoms with E-state index in [1.54, 1.807) is 6.07 Å². The summed E-state index contributed by atoms with van der Waals surface area (Å²) in [6, 6.07) is 15.0. The Labute approximate surface area is 209 Å². The smallest absolute Gasteiger partial charge is 0.381 e. The van der Waals surface area contributed by atoms with Crippen molar-refractivity contribution in [1.29, 1.82) is 0 Å². The molecule has 1 N–H and O–H groups in total. The second-order valence-corrected chi connectivity index (χ2v) is 9.30. The average Bonchev–Trinajstić information content (AvgIpc) is 2.84. The molecule has 0 aromatic heterocycles. The van der Waals surface area contributed by atoms with Crippen molar-refractivity contribution in [1.82, 2.24) is 0 Å². The molecule has 3 rings (SSSR count). The lowest BCUT2D eigenvalue weighted by Crippen LogP contribution is -2.12. The maximum Gasteiger partial charge on any atom is 0.416 e. The molecule has 0 radical (unpaired) electrons. The van der Waals surface area contributed by atoms with Gasteiger partial charge < -0.3 is 10.1 Å². The molecule has 0 aliphatic heterocycles. The lowest BCUT2D eigenvalue weighted by atomic mass is 9.88. The molecule has 1 atom stereocenters. The molecule has 36 heavy (non-hydrogen) atoms. The van der Waals surface area contributed by atoms with Crippen molar-refractivity contribution in [2.75, 3.05) is 18.5 Å². The Bertz CT molecular complexity index is 1130. The Morgan fingerprint density at radius 1 is 0.889 bits per heavy atom. The minimum Gasteiger partial charge on any atom is -0.381 e. The summed E-state index contributed by atoms with van der Waals surface area (Å²) in [4.78, 5) is 0. The first kappa shape index (κ1) is 27.7. The van der Waals surface area contributed by atoms with Gasteiger partial charge in [-0.25, -0.2) is 8.78 Å². The van der Waals surface area contributed by atoms with Crippen LogP contribution in [0.5, 0.6) is 0 Å². The first-order valence-corrected chi connectivity index (χ1v) is 12.1. The van der Waals surface area contributed by atoms with E-state index in [1.165, 1.54) is 24.3 Å². The number of anilines is 1. The minimum atomic E-state index is -4.41. The number of benzene rings is 3. The maximum atomic E-state index is 13.5. The van der Waals surface area contributed by atoms with Crippen LogP contribution in [0.3, 0.4) is 0 Å². The minimum absolute atomic E-state index is 0.0899. The molecule has 3 aromatic rings. The van der Waals surface area contributed by atoms with Crippen molar-refractivity contribution in [3.8, 4) is 11.1 Å². The van der Waals surface area contributed by atoms with Gasteiger partial charge in [-0.3, -0.25) is 0 Å². The fourth-order valence-corrected chi connectivity index (χ4v) is 4.23. The summed E-state index contributed by atoms with van der Waals surface area (Å²) in [5.74, 6) is 0.00507. The van der Waals surface area contributed by atoms with Crippen LogP contribution >= 0.6 is 0 Å². The zero-order valence-electron chi connectivity index (χ0n) is 20.8. The van der Waals surface area contributed by atoms with Gasteiger partial charge >= 0.3 is 6.18 Å². The van der Waals surface area contributed by atoms with Crippen LogP contribution < -0.4 is 5.32 Å². The zero-order chi connectivity index (χ0) is 26.3. The van der Waals surface area contributed by atoms with Gasteiger partial charge in [0, 0.05) is 24.8 Å². The van der Waals surface area contributed by atoms with Crippen LogP contribution in [-0.2, 0) is 24.1 Å². The summed E-state index contributed by atoms with van der Waals surface area (Å²) in [6.07, 6.45) is -3.53. The SMILES string of the molecule is CCOCC(CC(C)C)c1cc(NCc2ccc(F)cc2CF)cc(-c2ccc(C(F)(F)F)cc2)c1. The molecule has 0 saturated heterocycles. The normalized spacial score (nSPS) is 12.7. The molecule has 0 aliphatic rings. The van der Waals surface area contributed by atoms with E-state index in [2.05, 4.69) is 19.2 Å². The first-order chi connectivity index (χ1) is 17.1. The lowest BCUT2D eigenvalue weighted by Gasteiger charge is -2.22. The summed E-state index contributed by atoms with van der Waals surface area (Å²) in [5, 5.41) is 3.30. The monoisotopic (exact) mass is 505 g/mol. The molecule has 0 amide bonds. The molecule has 0 spiro atoms. The standard InChI is InChI=1S/C29H32F5NO/c1-4-36-18-25(11-19(2)3)23-12-22(20-5-8-26(9-6-20)29(32,33)34)14-28(15-23)35-17-21-7-10-27(31)13-24(21)16-30/h5-10,12-15,19,25,35H,4,11,16-18H2,1-3H3. The van der Waals surface area contributed by atoms with E-state index >= 15 is 0 Å². The number of ether oxygens (including phenoxy) is 1. The zero-order valence-corrected chi connectivity index (χ0v) is 20.8. The highest BCUT2D eigenvalue weighted by Gasteiger charge is 2.30. The molecule has 2 nitrogen and oxygen atoms in total. The van der Waals surface area contributed by atoms with Crippen molar-refractivity contribution < 1.29 is 26.7 Å². The Kier molecular flexibility index (Phi) is 9.49. The van der Waals surface area contributed by atoms with Crippen LogP contribution in [0.15, 0.2) is 60.7 Å². The summed E-state index contributed by atoms with van der Waals surface area (Å²) in [5.41, 5.74) is 3.36. The Hall–Kier alpha value is -2.93. The van der Waals surface area contributed by atoms with Gasteiger partial charge in [-0.15, -0.1) is 0 Å². The summed E-state index contributed by atoms with van der Waals surface area (Å²) >= 11 is 0. The Balaban J connectivity index is 1.99. The predicted octanol–water partition coefficient (Wildman–Crippen LogP) is 8.76. The van der Waals surface area contributed by atoms with Crippen LogP contribution in [0.4, 0.5) is 27.6 Å². The summed E-state index contributed by atoms with van der Waals surface area (Å²) in [6.45, 7) is 6.79. The molecule has 1 unspecified atom stereocenters. The Morgan fingerprint density at radius 2 is 1.61 bits per heavy atom. The molecule has 0 saturated carbocycles. The lowest BCUT2D eigenvalue weighted by molar-refractivity contribution is -0.137. The molecule has 0 bridgehead atoms. The van der Waals surface area contributed by atoms with Gasteiger partial charge in [-0.05, 0) is 83.5 Å². The van der Waals surface area contributed by atoms with E-state index in [4.69, 9.17) is 4.74 Å². The largest absolute Gasteiger partial charge is 0.416 e. The number of alkyl halides is 4. The van der Waals surface area contributed by atoms with E-state index in [0.29, 0.717) is 30.3 Å². The van der Waals surface area contributed by atoms with Crippen molar-refractivity contribution >= 4 is 5.69 Å². The highest BCUT2D eigenvalue weighted by atomic mass is 19.4. The van der Waals surface area contributed by atoms with E-state index in [1.807, 2.05) is 25.1 Å². The van der Waals surface area contributed by atoms with Crippen LogP contribution in [0.25, 0.3) is 11.1 Å². The quantitative estimate of drug-likeness (QED) is 0.263. The third kappa shape index (κ3) is 7.53. The second-order valence-electron chi connectivity index (χ2n) is 9.30. The Morgan fingerprint density at radius 3 is 2.22 bits per heavy atom. The van der Waals surface area contributed by atoms with E-state index in [0.717, 1.165) is 35.4 Å². The molecule has 194 valence electrons. The van der Waals surface area contributed by atoms with Gasteiger partial charge in [-0.1, -0.05) is 38.1 Å². The third-order valence-electron chi connectivity index (χ3n) is 6.05. The molecule has 7 heteroatoms. The van der Waals surface area contributed by atoms with Gasteiger partial charge in [0.25, 0.3) is 0 Å². The summed E-state index contributed by atoms with van der Waals surface area (Å²) < 4.78 is 71.9. The first-order valence-electron chi connectivity index (χ1n) is 12.1. The molecular weight excluding hydrogens is 473 g/mol. The van der Waals surface area contributed by atoms with Gasteiger partial charge in [0.1, 0.15) is 12.5 Å². The fourth-order valence-electron chi connectivity index (χ4n) is 4.23. The van der Waals surface area contributed by atoms with Crippen molar-refractivity contribution in [2.24, 2.45) is 5.92 Å². The van der Waals surface area contributed by atoms with Crippen LogP contribution in [0.2, 0.25) is 0 Å². The van der Waals surface area contributed by atoms with Crippen LogP contribution in [-0.4, -0.2) is 13.2 Å². The predicted molar refractivity (Wildman–Crippen MR) is 134 cm³/mol. The molecule has 0 fully saturated rings. The number of hydrogen-bond donors (Lipinski definition) is 1. The van der Waals surface area contributed by atoms with Gasteiger partial charge in [0.05, 0.1) is 12.2 Å². The third-order valence-corrected chi connectivity index (χ3v) is 6.05. The maximum absolute atomic E-state index is 13.5. The van der Waals surface area contributed by atoms with Crippen LogP contribution in [0, 0.1) is 11.7 Å². The van der Waals surface area contributed by atoms with Gasteiger partial charge in [0.15, 0.2) is 0 Å². The second kappa shape index (κ2) is 12.3. The molecular formula is C29H32F5NO. The number of rotatable bonds is 11. The van der Waals surface area contributed by atoms with Crippen molar-refractivity contribution in [3.05, 3.63) is 88.7 Å². The number of nitrogens with one attached hydrogen (secondary N) is 1. The summed E-state index contributed by atoms with van der Waals surface area (Å²) in [7, 11) is 0. The van der Waals surface area contributed by atoms with Crippen molar-refractivity contribution in [3.63, 3.8) is 0 Å². The number of halogens is 5.